The van der Waals surface area contributed by atoms with E-state index in [-0.39, 0.29) is 12.5 Å². The highest BCUT2D eigenvalue weighted by atomic mass is 16.5. The smallest absolute Gasteiger partial charge is 0.305 e. The van der Waals surface area contributed by atoms with Gasteiger partial charge < -0.3 is 9.84 Å². The van der Waals surface area contributed by atoms with E-state index in [1.807, 2.05) is 0 Å². The van der Waals surface area contributed by atoms with Crippen molar-refractivity contribution in [2.24, 2.45) is 5.92 Å². The van der Waals surface area contributed by atoms with Crippen molar-refractivity contribution in [2.45, 2.75) is 58.6 Å². The molecule has 0 amide bonds. The first kappa shape index (κ1) is 15.4. The summed E-state index contributed by atoms with van der Waals surface area (Å²) >= 11 is 0. The maximum Gasteiger partial charge on any atom is 0.305 e. The van der Waals surface area contributed by atoms with E-state index in [2.05, 4.69) is 25.7 Å². The van der Waals surface area contributed by atoms with Gasteiger partial charge in [-0.2, -0.15) is 0 Å². The number of ether oxygens (including phenoxy) is 1. The van der Waals surface area contributed by atoms with Crippen molar-refractivity contribution in [2.75, 3.05) is 19.7 Å². The molecule has 1 saturated heterocycles. The highest BCUT2D eigenvalue weighted by molar-refractivity contribution is 5.66. The van der Waals surface area contributed by atoms with Crippen molar-refractivity contribution < 1.29 is 14.6 Å². The Morgan fingerprint density at radius 3 is 2.44 bits per heavy atom. The minimum Gasteiger partial charge on any atom is -0.481 e. The summed E-state index contributed by atoms with van der Waals surface area (Å²) in [6.07, 6.45) is 3.63. The second kappa shape index (κ2) is 7.74. The van der Waals surface area contributed by atoms with Crippen LogP contribution < -0.4 is 0 Å². The first-order valence-electron chi connectivity index (χ1n) is 7.12. The first-order chi connectivity index (χ1) is 8.54. The Morgan fingerprint density at radius 2 is 2.00 bits per heavy atom. The van der Waals surface area contributed by atoms with Crippen molar-refractivity contribution >= 4 is 5.97 Å². The zero-order valence-electron chi connectivity index (χ0n) is 11.9. The molecule has 1 rings (SSSR count). The summed E-state index contributed by atoms with van der Waals surface area (Å²) in [5, 5.41) is 8.56. The zero-order valence-corrected chi connectivity index (χ0v) is 11.9. The van der Waals surface area contributed by atoms with Gasteiger partial charge in [-0.1, -0.05) is 20.8 Å². The van der Waals surface area contributed by atoms with Crippen LogP contribution in [0.1, 0.15) is 46.5 Å². The third-order valence-electron chi connectivity index (χ3n) is 3.80. The largest absolute Gasteiger partial charge is 0.481 e. The van der Waals surface area contributed by atoms with E-state index in [0.29, 0.717) is 18.6 Å². The van der Waals surface area contributed by atoms with Crippen LogP contribution in [0, 0.1) is 5.92 Å². The lowest BCUT2D eigenvalue weighted by molar-refractivity contribution is -0.139. The zero-order chi connectivity index (χ0) is 13.5. The van der Waals surface area contributed by atoms with Gasteiger partial charge in [0.2, 0.25) is 0 Å². The fourth-order valence-corrected chi connectivity index (χ4v) is 2.84. The first-order valence-corrected chi connectivity index (χ1v) is 7.12. The quantitative estimate of drug-likeness (QED) is 0.760. The van der Waals surface area contributed by atoms with Gasteiger partial charge in [0.25, 0.3) is 0 Å². The van der Waals surface area contributed by atoms with Crippen LogP contribution in [0.4, 0.5) is 0 Å². The van der Waals surface area contributed by atoms with Gasteiger partial charge in [0.1, 0.15) is 0 Å². The van der Waals surface area contributed by atoms with E-state index in [9.17, 15) is 4.79 Å². The van der Waals surface area contributed by atoms with E-state index < -0.39 is 5.97 Å². The third kappa shape index (κ3) is 4.94. The molecular weight excluding hydrogens is 230 g/mol. The molecule has 1 fully saturated rings. The minimum absolute atomic E-state index is 0.115. The lowest BCUT2D eigenvalue weighted by Gasteiger charge is -2.39. The number of nitrogens with zero attached hydrogens (tertiary/aromatic N) is 1. The molecule has 4 heteroatoms. The molecule has 4 nitrogen and oxygen atoms in total. The summed E-state index contributed by atoms with van der Waals surface area (Å²) in [6, 6.07) is 0.671. The summed E-state index contributed by atoms with van der Waals surface area (Å²) in [4.78, 5) is 13.0. The number of carboxylic acids is 1. The Labute approximate surface area is 110 Å². The third-order valence-corrected chi connectivity index (χ3v) is 3.80. The van der Waals surface area contributed by atoms with Gasteiger partial charge >= 0.3 is 5.97 Å². The number of carbonyl (C=O) groups is 1. The topological polar surface area (TPSA) is 49.8 Å². The van der Waals surface area contributed by atoms with Crippen LogP contribution in [0.5, 0.6) is 0 Å². The fourth-order valence-electron chi connectivity index (χ4n) is 2.84. The molecule has 106 valence electrons. The molecule has 1 unspecified atom stereocenters. The van der Waals surface area contributed by atoms with Crippen molar-refractivity contribution in [1.29, 1.82) is 0 Å². The lowest BCUT2D eigenvalue weighted by atomic mass is 9.96. The number of hydrogen-bond donors (Lipinski definition) is 1. The summed E-state index contributed by atoms with van der Waals surface area (Å²) in [6.45, 7) is 9.32. The van der Waals surface area contributed by atoms with Gasteiger partial charge in [0, 0.05) is 19.1 Å². The monoisotopic (exact) mass is 257 g/mol. The molecule has 0 bridgehead atoms. The number of rotatable bonds is 7. The minimum atomic E-state index is -0.779. The van der Waals surface area contributed by atoms with Gasteiger partial charge in [-0.25, -0.2) is 0 Å². The van der Waals surface area contributed by atoms with Crippen LogP contribution in [0.2, 0.25) is 0 Å². The summed E-state index contributed by atoms with van der Waals surface area (Å²) in [5.74, 6) is -0.0854. The molecule has 0 radical (unpaired) electrons. The average molecular weight is 257 g/mol. The van der Waals surface area contributed by atoms with E-state index in [1.165, 1.54) is 6.42 Å². The molecule has 18 heavy (non-hydrogen) atoms. The molecular formula is C14H27NO3. The highest BCUT2D eigenvalue weighted by Gasteiger charge is 2.26. The Kier molecular flexibility index (Phi) is 6.65. The molecule has 0 aromatic carbocycles. The van der Waals surface area contributed by atoms with Crippen molar-refractivity contribution in [3.05, 3.63) is 0 Å². The van der Waals surface area contributed by atoms with E-state index in [0.717, 1.165) is 25.9 Å². The Hall–Kier alpha value is -0.610. The van der Waals surface area contributed by atoms with Gasteiger partial charge in [-0.15, -0.1) is 0 Å². The number of aliphatic carboxylic acids is 1. The van der Waals surface area contributed by atoms with E-state index >= 15 is 0 Å². The Bertz CT molecular complexity index is 247. The van der Waals surface area contributed by atoms with Gasteiger partial charge in [-0.05, 0) is 25.2 Å². The average Bonchev–Trinajstić information content (AvgIpc) is 2.31. The van der Waals surface area contributed by atoms with Crippen LogP contribution >= 0.6 is 0 Å². The summed E-state index contributed by atoms with van der Waals surface area (Å²) in [7, 11) is 0. The van der Waals surface area contributed by atoms with Crippen LogP contribution in [-0.2, 0) is 9.53 Å². The predicted octanol–water partition coefficient (Wildman–Crippen LogP) is 2.38. The molecule has 1 N–H and O–H groups in total. The standard InChI is InChI=1S/C14H27NO3/c1-4-13(11(2)3)15-8-5-12(6-9-15)18-10-7-14(16)17/h11-13H,4-10H2,1-3H3,(H,16,17). The fraction of sp³-hybridized carbons (Fsp3) is 0.929. The van der Waals surface area contributed by atoms with Gasteiger partial charge in [0.15, 0.2) is 0 Å². The molecule has 1 aliphatic rings. The molecule has 0 aromatic heterocycles. The maximum absolute atomic E-state index is 10.4. The number of likely N-dealkylation sites (tertiary alicyclic amines) is 1. The van der Waals surface area contributed by atoms with Crippen LogP contribution in [0.25, 0.3) is 0 Å². The van der Waals surface area contributed by atoms with Crippen molar-refractivity contribution in [1.82, 2.24) is 4.90 Å². The number of piperidine rings is 1. The van der Waals surface area contributed by atoms with Crippen LogP contribution in [0.3, 0.4) is 0 Å². The van der Waals surface area contributed by atoms with E-state index in [4.69, 9.17) is 9.84 Å². The number of carboxylic acid groups (broad SMARTS) is 1. The highest BCUT2D eigenvalue weighted by Crippen LogP contribution is 2.21. The van der Waals surface area contributed by atoms with Gasteiger partial charge in [-0.3, -0.25) is 9.69 Å². The van der Waals surface area contributed by atoms with Crippen molar-refractivity contribution in [3.63, 3.8) is 0 Å². The van der Waals surface area contributed by atoms with E-state index in [1.54, 1.807) is 0 Å². The van der Waals surface area contributed by atoms with Crippen molar-refractivity contribution in [3.8, 4) is 0 Å². The SMILES string of the molecule is CCC(C(C)C)N1CCC(OCCC(=O)O)CC1. The summed E-state index contributed by atoms with van der Waals surface area (Å²) in [5.41, 5.74) is 0. The molecule has 1 atom stereocenters. The summed E-state index contributed by atoms with van der Waals surface area (Å²) < 4.78 is 5.61. The predicted molar refractivity (Wildman–Crippen MR) is 71.7 cm³/mol. The van der Waals surface area contributed by atoms with Crippen LogP contribution in [0.15, 0.2) is 0 Å². The second-order valence-corrected chi connectivity index (χ2v) is 5.47. The second-order valence-electron chi connectivity index (χ2n) is 5.47. The Morgan fingerprint density at radius 1 is 1.39 bits per heavy atom. The molecule has 1 aliphatic heterocycles. The Balaban J connectivity index is 2.25. The normalized spacial score (nSPS) is 20.2. The molecule has 1 heterocycles. The maximum atomic E-state index is 10.4. The molecule has 0 aliphatic carbocycles. The number of hydrogen-bond acceptors (Lipinski definition) is 3. The molecule has 0 saturated carbocycles. The molecule has 0 aromatic rings. The lowest BCUT2D eigenvalue weighted by Crippen LogP contribution is -2.45. The van der Waals surface area contributed by atoms with Crippen LogP contribution in [-0.4, -0.2) is 47.8 Å². The molecule has 0 spiro atoms. The van der Waals surface area contributed by atoms with Gasteiger partial charge in [0.05, 0.1) is 19.1 Å².